The van der Waals surface area contributed by atoms with Gasteiger partial charge in [-0.25, -0.2) is 9.98 Å². The van der Waals surface area contributed by atoms with Crippen molar-refractivity contribution in [2.45, 2.75) is 6.42 Å². The Labute approximate surface area is 245 Å². The monoisotopic (exact) mass is 538 g/mol. The number of hydrogen-bond donors (Lipinski definition) is 0. The molecule has 4 heteroatoms. The predicted molar refractivity (Wildman–Crippen MR) is 181 cm³/mol. The third-order valence-electron chi connectivity index (χ3n) is 6.50. The Kier molecular flexibility index (Phi) is 10.2. The van der Waals surface area contributed by atoms with E-state index in [0.29, 0.717) is 5.70 Å². The van der Waals surface area contributed by atoms with Gasteiger partial charge in [-0.05, 0) is 66.1 Å². The van der Waals surface area contributed by atoms with Gasteiger partial charge in [-0.3, -0.25) is 0 Å². The average Bonchev–Trinajstić information content (AvgIpc) is 2.97. The second-order valence-electron chi connectivity index (χ2n) is 10.1. The molecule has 0 bridgehead atoms. The topological polar surface area (TPSA) is 31.7 Å². The average molecular weight is 539 g/mol. The molecule has 0 saturated carbocycles. The van der Waals surface area contributed by atoms with E-state index in [1.165, 1.54) is 11.4 Å². The number of aliphatic imine (C=N–C) groups is 1. The van der Waals surface area contributed by atoms with E-state index in [0.717, 1.165) is 40.2 Å². The van der Waals surface area contributed by atoms with Gasteiger partial charge in [0, 0.05) is 45.1 Å². The highest BCUT2D eigenvalue weighted by molar-refractivity contribution is 6.06. The van der Waals surface area contributed by atoms with Crippen LogP contribution >= 0.6 is 0 Å². The fraction of sp³-hybridized carbons (Fsp3) is 0.135. The number of benzene rings is 2. The maximum atomic E-state index is 4.88. The first-order valence-corrected chi connectivity index (χ1v) is 13.8. The SMILES string of the molecule is C=C1N=C(/C=C/C=C/c2ccc(N(C)C)cc2)/C=C\C/C=C\c2ccc(/C=C/C=C/c3ccc(N(C)C)cc3)nc21. The number of fused-ring (bicyclic) bond motifs is 1. The summed E-state index contributed by atoms with van der Waals surface area (Å²) in [5.74, 6) is 0. The molecule has 4 nitrogen and oxygen atoms in total. The van der Waals surface area contributed by atoms with Crippen molar-refractivity contribution in [3.8, 4) is 0 Å². The Morgan fingerprint density at radius 2 is 1.17 bits per heavy atom. The smallest absolute Gasteiger partial charge is 0.0959 e. The lowest BCUT2D eigenvalue weighted by molar-refractivity contribution is 1.13. The summed E-state index contributed by atoms with van der Waals surface area (Å²) < 4.78 is 0. The van der Waals surface area contributed by atoms with Gasteiger partial charge in [-0.2, -0.15) is 0 Å². The number of pyridine rings is 1. The molecule has 1 aliphatic rings. The van der Waals surface area contributed by atoms with Crippen molar-refractivity contribution in [3.05, 3.63) is 144 Å². The lowest BCUT2D eigenvalue weighted by atomic mass is 10.1. The van der Waals surface area contributed by atoms with E-state index in [4.69, 9.17) is 9.98 Å². The predicted octanol–water partition coefficient (Wildman–Crippen LogP) is 8.59. The van der Waals surface area contributed by atoms with E-state index in [9.17, 15) is 0 Å². The second-order valence-corrected chi connectivity index (χ2v) is 10.1. The lowest BCUT2D eigenvalue weighted by Crippen LogP contribution is -2.07. The van der Waals surface area contributed by atoms with Crippen molar-refractivity contribution in [3.63, 3.8) is 0 Å². The van der Waals surface area contributed by atoms with Crippen LogP contribution in [-0.4, -0.2) is 38.9 Å². The van der Waals surface area contributed by atoms with Crippen LogP contribution in [-0.2, 0) is 0 Å². The van der Waals surface area contributed by atoms with Crippen LogP contribution in [0.25, 0.3) is 30.0 Å². The van der Waals surface area contributed by atoms with Crippen LogP contribution in [0.2, 0.25) is 0 Å². The Balaban J connectivity index is 1.47. The maximum Gasteiger partial charge on any atom is 0.0959 e. The van der Waals surface area contributed by atoms with Crippen molar-refractivity contribution in [2.24, 2.45) is 4.99 Å². The largest absolute Gasteiger partial charge is 0.378 e. The van der Waals surface area contributed by atoms with Gasteiger partial charge >= 0.3 is 0 Å². The standard InChI is InChI=1S/C37H38N4/c1-29-37-32(23-24-34(39-37)18-12-10-14-31-21-27-36(28-22-31)41(4)5)15-7-6-8-16-33(38-29)17-11-9-13-30-19-25-35(26-20-30)40(2)3/h7-28H,1,6H2,2-5H3/b13-9+,14-10+,15-7-,16-8-,17-11+,18-12+,38-33?. The first-order valence-electron chi connectivity index (χ1n) is 13.8. The van der Waals surface area contributed by atoms with Gasteiger partial charge in [0.25, 0.3) is 0 Å². The minimum atomic E-state index is 0.630. The van der Waals surface area contributed by atoms with Gasteiger partial charge in [0.15, 0.2) is 0 Å². The van der Waals surface area contributed by atoms with Crippen LogP contribution in [0.5, 0.6) is 0 Å². The zero-order chi connectivity index (χ0) is 29.0. The number of rotatable bonds is 8. The van der Waals surface area contributed by atoms with Crippen LogP contribution in [0.15, 0.2) is 121 Å². The van der Waals surface area contributed by atoms with Crippen molar-refractivity contribution < 1.29 is 0 Å². The van der Waals surface area contributed by atoms with Crippen molar-refractivity contribution in [2.75, 3.05) is 38.0 Å². The zero-order valence-electron chi connectivity index (χ0n) is 24.4. The van der Waals surface area contributed by atoms with E-state index in [-0.39, 0.29) is 0 Å². The summed E-state index contributed by atoms with van der Waals surface area (Å²) in [5.41, 5.74) is 8.77. The van der Waals surface area contributed by atoms with E-state index in [1.807, 2.05) is 76.8 Å². The minimum Gasteiger partial charge on any atom is -0.378 e. The molecule has 0 aliphatic carbocycles. The molecule has 2 heterocycles. The molecule has 206 valence electrons. The molecular formula is C37H38N4. The molecule has 0 N–H and O–H groups in total. The van der Waals surface area contributed by atoms with Gasteiger partial charge in [-0.15, -0.1) is 0 Å². The Bertz CT molecular complexity index is 1540. The van der Waals surface area contributed by atoms with Gasteiger partial charge in [0.1, 0.15) is 0 Å². The van der Waals surface area contributed by atoms with Crippen LogP contribution in [0.1, 0.15) is 34.5 Å². The van der Waals surface area contributed by atoms with E-state index < -0.39 is 0 Å². The number of anilines is 2. The summed E-state index contributed by atoms with van der Waals surface area (Å²) in [6, 6.07) is 21.0. The fourth-order valence-electron chi connectivity index (χ4n) is 4.15. The van der Waals surface area contributed by atoms with Gasteiger partial charge in [0.2, 0.25) is 0 Å². The number of nitrogens with zero attached hydrogens (tertiary/aromatic N) is 4. The normalized spacial score (nSPS) is 15.4. The second kappa shape index (κ2) is 14.4. The summed E-state index contributed by atoms with van der Waals surface area (Å²) in [6.07, 6.45) is 25.4. The first-order chi connectivity index (χ1) is 19.9. The molecule has 0 radical (unpaired) electrons. The van der Waals surface area contributed by atoms with Crippen LogP contribution in [0, 0.1) is 0 Å². The molecular weight excluding hydrogens is 500 g/mol. The van der Waals surface area contributed by atoms with Crippen LogP contribution < -0.4 is 9.80 Å². The molecule has 2 aromatic carbocycles. The van der Waals surface area contributed by atoms with Crippen molar-refractivity contribution in [1.82, 2.24) is 4.98 Å². The van der Waals surface area contributed by atoms with Crippen molar-refractivity contribution >= 4 is 47.1 Å². The fourth-order valence-corrected chi connectivity index (χ4v) is 4.15. The van der Waals surface area contributed by atoms with Crippen LogP contribution in [0.3, 0.4) is 0 Å². The highest BCUT2D eigenvalue weighted by Crippen LogP contribution is 2.22. The summed E-state index contributed by atoms with van der Waals surface area (Å²) in [5, 5.41) is 0. The molecule has 1 aromatic heterocycles. The molecule has 0 saturated heterocycles. The summed E-state index contributed by atoms with van der Waals surface area (Å²) in [7, 11) is 8.17. The molecule has 1 aliphatic heterocycles. The number of aromatic nitrogens is 1. The molecule has 4 rings (SSSR count). The Morgan fingerprint density at radius 1 is 0.634 bits per heavy atom. The number of allylic oxidation sites excluding steroid dienone is 8. The highest BCUT2D eigenvalue weighted by atomic mass is 15.1. The molecule has 0 fully saturated rings. The van der Waals surface area contributed by atoms with Gasteiger partial charge in [0.05, 0.1) is 22.8 Å². The third kappa shape index (κ3) is 8.77. The van der Waals surface area contributed by atoms with Gasteiger partial charge in [-0.1, -0.05) is 91.6 Å². The summed E-state index contributed by atoms with van der Waals surface area (Å²) in [6.45, 7) is 4.26. The molecule has 0 atom stereocenters. The molecule has 3 aromatic rings. The van der Waals surface area contributed by atoms with E-state index in [1.54, 1.807) is 0 Å². The molecule has 41 heavy (non-hydrogen) atoms. The zero-order valence-corrected chi connectivity index (χ0v) is 24.4. The summed E-state index contributed by atoms with van der Waals surface area (Å²) >= 11 is 0. The van der Waals surface area contributed by atoms with Crippen LogP contribution in [0.4, 0.5) is 11.4 Å². The molecule has 0 spiro atoms. The maximum absolute atomic E-state index is 4.88. The van der Waals surface area contributed by atoms with E-state index >= 15 is 0 Å². The van der Waals surface area contributed by atoms with E-state index in [2.05, 4.69) is 101 Å². The first kappa shape index (κ1) is 29.0. The Morgan fingerprint density at radius 3 is 1.76 bits per heavy atom. The van der Waals surface area contributed by atoms with Crippen molar-refractivity contribution in [1.29, 1.82) is 0 Å². The quantitative estimate of drug-likeness (QED) is 0.269. The minimum absolute atomic E-state index is 0.630. The molecule has 0 unspecified atom stereocenters. The number of hydrogen-bond acceptors (Lipinski definition) is 4. The third-order valence-corrected chi connectivity index (χ3v) is 6.50. The summed E-state index contributed by atoms with van der Waals surface area (Å²) in [4.78, 5) is 13.9. The lowest BCUT2D eigenvalue weighted by Gasteiger charge is -2.11. The molecule has 0 amide bonds. The Hall–Kier alpha value is -4.96. The van der Waals surface area contributed by atoms with Gasteiger partial charge < -0.3 is 9.80 Å². The highest BCUT2D eigenvalue weighted by Gasteiger charge is 2.08.